The topological polar surface area (TPSA) is 35.5 Å². The molecule has 0 radical (unpaired) electrons. The molecule has 1 aliphatic carbocycles. The number of hydrogen-bond acceptors (Lipinski definition) is 3. The van der Waals surface area contributed by atoms with Crippen LogP contribution in [0.25, 0.3) is 0 Å². The zero-order valence-electron chi connectivity index (χ0n) is 9.79. The molecular weight excluding hydrogens is 192 g/mol. The van der Waals surface area contributed by atoms with Crippen LogP contribution in [0, 0.1) is 17.3 Å². The molecule has 2 atom stereocenters. The number of carbonyl (C=O) groups is 1. The first-order chi connectivity index (χ1) is 7.00. The van der Waals surface area contributed by atoms with Gasteiger partial charge in [0.15, 0.2) is 5.79 Å². The van der Waals surface area contributed by atoms with E-state index in [0.29, 0.717) is 31.5 Å². The lowest BCUT2D eigenvalue weighted by Crippen LogP contribution is -2.56. The lowest BCUT2D eigenvalue weighted by atomic mass is 9.51. The zero-order chi connectivity index (χ0) is 11.1. The summed E-state index contributed by atoms with van der Waals surface area (Å²) in [5.74, 6) is 0.491. The molecule has 1 saturated carbocycles. The van der Waals surface area contributed by atoms with Gasteiger partial charge in [0.2, 0.25) is 0 Å². The minimum absolute atomic E-state index is 0.153. The molecule has 2 aliphatic rings. The summed E-state index contributed by atoms with van der Waals surface area (Å²) in [5.41, 5.74) is 0.153. The smallest absolute Gasteiger partial charge is 0.169 e. The molecular formula is C12H20O3. The Morgan fingerprint density at radius 3 is 2.33 bits per heavy atom. The zero-order valence-corrected chi connectivity index (χ0v) is 9.79. The van der Waals surface area contributed by atoms with Gasteiger partial charge in [-0.1, -0.05) is 13.8 Å². The van der Waals surface area contributed by atoms with Gasteiger partial charge in [-0.2, -0.15) is 0 Å². The van der Waals surface area contributed by atoms with E-state index in [4.69, 9.17) is 9.47 Å². The van der Waals surface area contributed by atoms with Crippen molar-refractivity contribution in [1.82, 2.24) is 0 Å². The van der Waals surface area contributed by atoms with Crippen molar-refractivity contribution in [3.8, 4) is 0 Å². The third-order valence-electron chi connectivity index (χ3n) is 4.34. The molecule has 0 bridgehead atoms. The van der Waals surface area contributed by atoms with E-state index in [1.54, 1.807) is 0 Å². The number of rotatable bonds is 3. The predicted octanol–water partition coefficient (Wildman–Crippen LogP) is 2.00. The normalized spacial score (nSPS) is 37.3. The summed E-state index contributed by atoms with van der Waals surface area (Å²) in [6, 6.07) is 0. The Kier molecular flexibility index (Phi) is 2.63. The highest BCUT2D eigenvalue weighted by atomic mass is 16.7. The van der Waals surface area contributed by atoms with Crippen molar-refractivity contribution in [3.05, 3.63) is 0 Å². The van der Waals surface area contributed by atoms with Crippen LogP contribution in [0.4, 0.5) is 0 Å². The van der Waals surface area contributed by atoms with E-state index in [1.165, 1.54) is 0 Å². The molecule has 86 valence electrons. The Morgan fingerprint density at radius 1 is 1.27 bits per heavy atom. The van der Waals surface area contributed by atoms with Crippen molar-refractivity contribution in [2.24, 2.45) is 17.3 Å². The van der Waals surface area contributed by atoms with Gasteiger partial charge in [-0.3, -0.25) is 0 Å². The number of hydrogen-bond donors (Lipinski definition) is 0. The molecule has 0 amide bonds. The maximum absolute atomic E-state index is 10.5. The van der Waals surface area contributed by atoms with E-state index in [9.17, 15) is 4.79 Å². The van der Waals surface area contributed by atoms with Crippen molar-refractivity contribution in [3.63, 3.8) is 0 Å². The maximum atomic E-state index is 10.5. The predicted molar refractivity (Wildman–Crippen MR) is 56.4 cm³/mol. The molecule has 2 fully saturated rings. The monoisotopic (exact) mass is 212 g/mol. The van der Waals surface area contributed by atoms with Crippen LogP contribution in [0.5, 0.6) is 0 Å². The van der Waals surface area contributed by atoms with Gasteiger partial charge in [0.1, 0.15) is 6.29 Å². The van der Waals surface area contributed by atoms with Gasteiger partial charge < -0.3 is 14.3 Å². The molecule has 1 saturated heterocycles. The first-order valence-electron chi connectivity index (χ1n) is 5.72. The van der Waals surface area contributed by atoms with Gasteiger partial charge in [-0.05, 0) is 24.7 Å². The number of carbonyl (C=O) groups excluding carboxylic acids is 1. The molecule has 1 heterocycles. The van der Waals surface area contributed by atoms with Crippen molar-refractivity contribution in [1.29, 1.82) is 0 Å². The number of aldehydes is 1. The Morgan fingerprint density at radius 2 is 1.87 bits per heavy atom. The molecule has 3 heteroatoms. The first kappa shape index (κ1) is 11.1. The van der Waals surface area contributed by atoms with Crippen molar-refractivity contribution in [2.75, 3.05) is 13.2 Å². The Hall–Kier alpha value is -0.410. The molecule has 1 aliphatic heterocycles. The summed E-state index contributed by atoms with van der Waals surface area (Å²) in [7, 11) is 0. The van der Waals surface area contributed by atoms with E-state index in [1.807, 2.05) is 6.92 Å². The van der Waals surface area contributed by atoms with Gasteiger partial charge in [-0.25, -0.2) is 0 Å². The molecule has 2 rings (SSSR count). The molecule has 0 spiro atoms. The molecule has 0 unspecified atom stereocenters. The van der Waals surface area contributed by atoms with E-state index in [-0.39, 0.29) is 5.41 Å². The lowest BCUT2D eigenvalue weighted by molar-refractivity contribution is -0.252. The van der Waals surface area contributed by atoms with E-state index in [2.05, 4.69) is 13.8 Å². The SMILES string of the molecule is CC1([C@@H]2C[C@H](CC=O)C2(C)C)OCCO1. The average Bonchev–Trinajstić information content (AvgIpc) is 2.59. The fraction of sp³-hybridized carbons (Fsp3) is 0.917. The van der Waals surface area contributed by atoms with Crippen LogP contribution in [-0.4, -0.2) is 25.3 Å². The largest absolute Gasteiger partial charge is 0.348 e. The number of ether oxygens (including phenoxy) is 2. The standard InChI is InChI=1S/C12H20O3/c1-11(2)9(4-5-13)8-10(11)12(3)14-6-7-15-12/h5,9-10H,4,6-8H2,1-3H3/t9-,10+/m0/s1. The molecule has 3 nitrogen and oxygen atoms in total. The quantitative estimate of drug-likeness (QED) is 0.671. The molecule has 0 aromatic carbocycles. The van der Waals surface area contributed by atoms with Crippen LogP contribution in [-0.2, 0) is 14.3 Å². The summed E-state index contributed by atoms with van der Waals surface area (Å²) >= 11 is 0. The van der Waals surface area contributed by atoms with Gasteiger partial charge in [-0.15, -0.1) is 0 Å². The fourth-order valence-electron chi connectivity index (χ4n) is 3.15. The Labute approximate surface area is 91.1 Å². The molecule has 0 aromatic heterocycles. The minimum Gasteiger partial charge on any atom is -0.348 e. The highest BCUT2D eigenvalue weighted by molar-refractivity contribution is 5.50. The highest BCUT2D eigenvalue weighted by Gasteiger charge is 2.57. The van der Waals surface area contributed by atoms with Crippen LogP contribution in [0.2, 0.25) is 0 Å². The second kappa shape index (κ2) is 3.56. The maximum Gasteiger partial charge on any atom is 0.169 e. The second-order valence-electron chi connectivity index (χ2n) is 5.42. The van der Waals surface area contributed by atoms with Crippen LogP contribution in [0.3, 0.4) is 0 Å². The lowest BCUT2D eigenvalue weighted by Gasteiger charge is -2.56. The Balaban J connectivity index is 2.05. The van der Waals surface area contributed by atoms with Gasteiger partial charge in [0.05, 0.1) is 13.2 Å². The fourth-order valence-corrected chi connectivity index (χ4v) is 3.15. The van der Waals surface area contributed by atoms with E-state index >= 15 is 0 Å². The summed E-state index contributed by atoms with van der Waals surface area (Å²) in [4.78, 5) is 10.5. The Bertz CT molecular complexity index is 254. The van der Waals surface area contributed by atoms with E-state index < -0.39 is 5.79 Å². The van der Waals surface area contributed by atoms with Gasteiger partial charge >= 0.3 is 0 Å². The third-order valence-corrected chi connectivity index (χ3v) is 4.34. The molecule has 15 heavy (non-hydrogen) atoms. The van der Waals surface area contributed by atoms with Crippen LogP contribution in [0.1, 0.15) is 33.6 Å². The first-order valence-corrected chi connectivity index (χ1v) is 5.72. The summed E-state index contributed by atoms with van der Waals surface area (Å²) in [6.45, 7) is 7.85. The minimum atomic E-state index is -0.414. The molecule has 0 N–H and O–H groups in total. The van der Waals surface area contributed by atoms with Crippen molar-refractivity contribution in [2.45, 2.75) is 39.4 Å². The van der Waals surface area contributed by atoms with Gasteiger partial charge in [0.25, 0.3) is 0 Å². The second-order valence-corrected chi connectivity index (χ2v) is 5.42. The van der Waals surface area contributed by atoms with Crippen LogP contribution >= 0.6 is 0 Å². The van der Waals surface area contributed by atoms with Gasteiger partial charge in [0, 0.05) is 12.3 Å². The summed E-state index contributed by atoms with van der Waals surface area (Å²) < 4.78 is 11.4. The summed E-state index contributed by atoms with van der Waals surface area (Å²) in [5, 5.41) is 0. The third kappa shape index (κ3) is 1.62. The van der Waals surface area contributed by atoms with Crippen LogP contribution in [0.15, 0.2) is 0 Å². The average molecular weight is 212 g/mol. The highest BCUT2D eigenvalue weighted by Crippen LogP contribution is 2.58. The molecule has 0 aromatic rings. The van der Waals surface area contributed by atoms with E-state index in [0.717, 1.165) is 12.7 Å². The van der Waals surface area contributed by atoms with Crippen molar-refractivity contribution >= 4 is 6.29 Å². The summed E-state index contributed by atoms with van der Waals surface area (Å²) in [6.07, 6.45) is 2.74. The van der Waals surface area contributed by atoms with Crippen molar-refractivity contribution < 1.29 is 14.3 Å². The van der Waals surface area contributed by atoms with Crippen LogP contribution < -0.4 is 0 Å².